The molecule has 0 unspecified atom stereocenters. The van der Waals surface area contributed by atoms with Crippen LogP contribution in [-0.2, 0) is 21.6 Å². The number of fused-ring (bicyclic) bond motifs is 2. The number of rotatable bonds is 4. The first-order chi connectivity index (χ1) is 12.3. The van der Waals surface area contributed by atoms with Gasteiger partial charge in [-0.1, -0.05) is 18.2 Å². The van der Waals surface area contributed by atoms with Crippen molar-refractivity contribution in [1.29, 1.82) is 0 Å². The van der Waals surface area contributed by atoms with Crippen LogP contribution in [0, 0.1) is 0 Å². The second-order valence-electron chi connectivity index (χ2n) is 6.66. The van der Waals surface area contributed by atoms with Gasteiger partial charge in [-0.25, -0.2) is 0 Å². The van der Waals surface area contributed by atoms with Crippen molar-refractivity contribution in [1.82, 2.24) is 4.90 Å². The second-order valence-corrected chi connectivity index (χ2v) is 7.58. The number of ether oxygens (including phenoxy) is 2. The van der Waals surface area contributed by atoms with Crippen molar-refractivity contribution in [3.63, 3.8) is 0 Å². The maximum absolute atomic E-state index is 12.5. The number of thiophene rings is 1. The summed E-state index contributed by atoms with van der Waals surface area (Å²) in [6.45, 7) is 2.75. The summed E-state index contributed by atoms with van der Waals surface area (Å²) in [5.41, 5.74) is 1.28. The van der Waals surface area contributed by atoms with E-state index in [1.54, 1.807) is 11.3 Å². The first-order valence-electron chi connectivity index (χ1n) is 8.93. The highest BCUT2D eigenvalue weighted by molar-refractivity contribution is 7.10. The highest BCUT2D eigenvalue weighted by Gasteiger charge is 2.42. The van der Waals surface area contributed by atoms with E-state index in [1.807, 2.05) is 35.2 Å². The maximum atomic E-state index is 12.5. The van der Waals surface area contributed by atoms with E-state index in [4.69, 9.17) is 9.47 Å². The molecule has 0 atom stereocenters. The summed E-state index contributed by atoms with van der Waals surface area (Å²) in [6.07, 6.45) is 3.23. The Balaban J connectivity index is 1.30. The summed E-state index contributed by atoms with van der Waals surface area (Å²) in [5, 5.41) is 2.17. The van der Waals surface area contributed by atoms with Gasteiger partial charge in [-0.05, 0) is 48.4 Å². The molecule has 1 spiro atoms. The van der Waals surface area contributed by atoms with Gasteiger partial charge in [0.25, 0.3) is 0 Å². The molecule has 1 fully saturated rings. The van der Waals surface area contributed by atoms with Crippen molar-refractivity contribution in [3.8, 4) is 5.75 Å². The van der Waals surface area contributed by atoms with Gasteiger partial charge in [0.05, 0.1) is 19.6 Å². The number of hydrogen-bond acceptors (Lipinski definition) is 4. The minimum atomic E-state index is -0.154. The van der Waals surface area contributed by atoms with E-state index in [0.717, 1.165) is 44.7 Å². The predicted octanol–water partition coefficient (Wildman–Crippen LogP) is 3.61. The normalized spacial score (nSPS) is 18.8. The highest BCUT2D eigenvalue weighted by atomic mass is 32.1. The predicted molar refractivity (Wildman–Crippen MR) is 98.0 cm³/mol. The van der Waals surface area contributed by atoms with Gasteiger partial charge < -0.3 is 14.4 Å². The number of carbonyl (C=O) groups excluding carboxylic acids is 1. The molecule has 0 aliphatic carbocycles. The van der Waals surface area contributed by atoms with Gasteiger partial charge in [0.2, 0.25) is 5.91 Å². The zero-order valence-corrected chi connectivity index (χ0v) is 15.1. The lowest BCUT2D eigenvalue weighted by atomic mass is 9.85. The molecule has 0 radical (unpaired) electrons. The molecular formula is C20H23NO3S. The Bertz CT molecular complexity index is 720. The Kier molecular flexibility index (Phi) is 4.77. The number of likely N-dealkylation sites (tertiary alicyclic amines) is 1. The third-order valence-corrected chi connectivity index (χ3v) is 6.30. The van der Waals surface area contributed by atoms with Crippen LogP contribution in [0.5, 0.6) is 5.75 Å². The monoisotopic (exact) mass is 357 g/mol. The minimum absolute atomic E-state index is 0.154. The van der Waals surface area contributed by atoms with Crippen LogP contribution in [0.2, 0.25) is 0 Å². The zero-order valence-electron chi connectivity index (χ0n) is 14.3. The molecule has 0 saturated carbocycles. The molecule has 1 amide bonds. The van der Waals surface area contributed by atoms with Crippen molar-refractivity contribution in [2.75, 3.05) is 26.3 Å². The number of nitrogens with zero attached hydrogens (tertiary/aromatic N) is 1. The second kappa shape index (κ2) is 7.18. The summed E-state index contributed by atoms with van der Waals surface area (Å²) >= 11 is 1.80. The van der Waals surface area contributed by atoms with Crippen molar-refractivity contribution >= 4 is 17.2 Å². The third-order valence-electron chi connectivity index (χ3n) is 5.16. The zero-order chi connectivity index (χ0) is 17.1. The van der Waals surface area contributed by atoms with Crippen molar-refractivity contribution in [3.05, 3.63) is 52.2 Å². The lowest BCUT2D eigenvalue weighted by Gasteiger charge is -2.43. The first-order valence-corrected chi connectivity index (χ1v) is 9.81. The largest absolute Gasteiger partial charge is 0.493 e. The lowest BCUT2D eigenvalue weighted by Crippen LogP contribution is -2.48. The van der Waals surface area contributed by atoms with Gasteiger partial charge in [-0.2, -0.15) is 0 Å². The molecule has 25 heavy (non-hydrogen) atoms. The molecule has 0 N–H and O–H groups in total. The van der Waals surface area contributed by atoms with E-state index in [1.165, 1.54) is 10.4 Å². The van der Waals surface area contributed by atoms with Gasteiger partial charge in [-0.3, -0.25) is 4.79 Å². The summed E-state index contributed by atoms with van der Waals surface area (Å²) in [7, 11) is 0. The number of carbonyl (C=O) groups is 1. The van der Waals surface area contributed by atoms with Crippen LogP contribution in [0.4, 0.5) is 0 Å². The fraction of sp³-hybridized carbons (Fsp3) is 0.450. The molecule has 2 aliphatic heterocycles. The summed E-state index contributed by atoms with van der Waals surface area (Å²) < 4.78 is 11.8. The lowest BCUT2D eigenvalue weighted by molar-refractivity contribution is -0.140. The molecule has 5 heteroatoms. The molecule has 3 heterocycles. The van der Waals surface area contributed by atoms with Crippen molar-refractivity contribution in [2.24, 2.45) is 0 Å². The molecule has 0 bridgehead atoms. The Morgan fingerprint density at radius 3 is 2.80 bits per heavy atom. The molecule has 1 saturated heterocycles. The van der Waals surface area contributed by atoms with Crippen LogP contribution in [0.15, 0.2) is 41.8 Å². The minimum Gasteiger partial charge on any atom is -0.493 e. The SMILES string of the molecule is O=C(CCOc1ccccc1)N1CCC2(CC1)OCCc1ccsc12. The Morgan fingerprint density at radius 1 is 1.20 bits per heavy atom. The molecule has 1 aromatic carbocycles. The van der Waals surface area contributed by atoms with Crippen molar-refractivity contribution < 1.29 is 14.3 Å². The van der Waals surface area contributed by atoms with Crippen LogP contribution in [0.3, 0.4) is 0 Å². The smallest absolute Gasteiger partial charge is 0.226 e. The molecular weight excluding hydrogens is 334 g/mol. The topological polar surface area (TPSA) is 38.8 Å². The Hall–Kier alpha value is -1.85. The Labute approximate surface area is 152 Å². The van der Waals surface area contributed by atoms with Crippen LogP contribution < -0.4 is 4.74 Å². The van der Waals surface area contributed by atoms with E-state index in [9.17, 15) is 4.79 Å². The molecule has 132 valence electrons. The molecule has 2 aromatic rings. The molecule has 2 aliphatic rings. The van der Waals surface area contributed by atoms with Crippen LogP contribution in [0.25, 0.3) is 0 Å². The van der Waals surface area contributed by atoms with Crippen LogP contribution >= 0.6 is 11.3 Å². The number of piperidine rings is 1. The van der Waals surface area contributed by atoms with E-state index < -0.39 is 0 Å². The number of benzene rings is 1. The standard InChI is InChI=1S/C20H23NO3S/c22-18(7-13-23-17-4-2-1-3-5-17)21-11-9-20(10-12-21)19-16(6-14-24-20)8-15-25-19/h1-5,8,15H,6-7,9-14H2. The van der Waals surface area contributed by atoms with Crippen LogP contribution in [0.1, 0.15) is 29.7 Å². The highest BCUT2D eigenvalue weighted by Crippen LogP contribution is 2.44. The van der Waals surface area contributed by atoms with Gasteiger partial charge in [0, 0.05) is 18.0 Å². The van der Waals surface area contributed by atoms with Gasteiger partial charge in [-0.15, -0.1) is 11.3 Å². The first kappa shape index (κ1) is 16.6. The Morgan fingerprint density at radius 2 is 2.00 bits per heavy atom. The van der Waals surface area contributed by atoms with E-state index >= 15 is 0 Å². The fourth-order valence-electron chi connectivity index (χ4n) is 3.77. The summed E-state index contributed by atoms with van der Waals surface area (Å²) in [6, 6.07) is 11.9. The summed E-state index contributed by atoms with van der Waals surface area (Å²) in [4.78, 5) is 15.8. The van der Waals surface area contributed by atoms with Gasteiger partial charge in [0.15, 0.2) is 0 Å². The van der Waals surface area contributed by atoms with Crippen molar-refractivity contribution in [2.45, 2.75) is 31.3 Å². The fourth-order valence-corrected chi connectivity index (χ4v) is 4.94. The number of para-hydroxylation sites is 1. The third kappa shape index (κ3) is 3.44. The quantitative estimate of drug-likeness (QED) is 0.839. The molecule has 4 rings (SSSR count). The molecule has 1 aromatic heterocycles. The molecule has 4 nitrogen and oxygen atoms in total. The maximum Gasteiger partial charge on any atom is 0.226 e. The van der Waals surface area contributed by atoms with Gasteiger partial charge >= 0.3 is 0 Å². The van der Waals surface area contributed by atoms with E-state index in [0.29, 0.717) is 13.0 Å². The average molecular weight is 357 g/mol. The van der Waals surface area contributed by atoms with E-state index in [-0.39, 0.29) is 11.5 Å². The van der Waals surface area contributed by atoms with Crippen LogP contribution in [-0.4, -0.2) is 37.1 Å². The summed E-state index contributed by atoms with van der Waals surface area (Å²) in [5.74, 6) is 0.988. The number of hydrogen-bond donors (Lipinski definition) is 0. The number of amides is 1. The average Bonchev–Trinajstić information content (AvgIpc) is 3.14. The van der Waals surface area contributed by atoms with Gasteiger partial charge in [0.1, 0.15) is 11.4 Å². The van der Waals surface area contributed by atoms with E-state index in [2.05, 4.69) is 11.4 Å².